The van der Waals surface area contributed by atoms with Gasteiger partial charge in [-0.2, -0.15) is 4.68 Å². The first-order chi connectivity index (χ1) is 8.81. The van der Waals surface area contributed by atoms with Gasteiger partial charge in [-0.3, -0.25) is 0 Å². The van der Waals surface area contributed by atoms with E-state index in [4.69, 9.17) is 15.2 Å². The molecular formula is C13H17N3O3. The molecule has 0 aliphatic heterocycles. The van der Waals surface area contributed by atoms with Gasteiger partial charge in [-0.05, 0) is 39.0 Å². The first-order valence-electron chi connectivity index (χ1n) is 5.87. The van der Waals surface area contributed by atoms with Gasteiger partial charge in [0.2, 0.25) is 0 Å². The molecule has 6 nitrogen and oxygen atoms in total. The Hall–Kier alpha value is -2.24. The highest BCUT2D eigenvalue weighted by Crippen LogP contribution is 2.26. The molecule has 2 rings (SSSR count). The summed E-state index contributed by atoms with van der Waals surface area (Å²) in [5, 5.41) is 4.67. The summed E-state index contributed by atoms with van der Waals surface area (Å²) in [5.41, 5.74) is 5.81. The molecule has 1 aromatic heterocycles. The summed E-state index contributed by atoms with van der Waals surface area (Å²) < 4.78 is 11.6. The summed E-state index contributed by atoms with van der Waals surface area (Å²) in [6.07, 6.45) is -0.556. The second-order valence-electron chi connectivity index (χ2n) is 5.16. The van der Waals surface area contributed by atoms with Crippen LogP contribution in [0.1, 0.15) is 20.8 Å². The molecule has 1 heterocycles. The minimum Gasteiger partial charge on any atom is -0.497 e. The maximum atomic E-state index is 12.0. The lowest BCUT2D eigenvalue weighted by Gasteiger charge is -2.19. The molecule has 2 aromatic rings. The summed E-state index contributed by atoms with van der Waals surface area (Å²) in [6, 6.07) is 5.20. The van der Waals surface area contributed by atoms with Gasteiger partial charge in [0.25, 0.3) is 0 Å². The molecule has 0 aliphatic rings. The van der Waals surface area contributed by atoms with Crippen molar-refractivity contribution in [1.82, 2.24) is 9.78 Å². The second kappa shape index (κ2) is 4.46. The normalized spacial score (nSPS) is 11.6. The van der Waals surface area contributed by atoms with Crippen molar-refractivity contribution in [2.45, 2.75) is 26.4 Å². The van der Waals surface area contributed by atoms with Crippen LogP contribution in [0.15, 0.2) is 18.2 Å². The Morgan fingerprint density at radius 3 is 2.63 bits per heavy atom. The SMILES string of the molecule is COc1ccc2c(c1)c(N)nn2C(=O)OC(C)(C)C. The van der Waals surface area contributed by atoms with Gasteiger partial charge in [-0.1, -0.05) is 0 Å². The molecule has 0 spiro atoms. The topological polar surface area (TPSA) is 79.4 Å². The lowest BCUT2D eigenvalue weighted by Crippen LogP contribution is -2.27. The number of aromatic nitrogens is 2. The van der Waals surface area contributed by atoms with Crippen molar-refractivity contribution in [2.75, 3.05) is 12.8 Å². The van der Waals surface area contributed by atoms with Crippen molar-refractivity contribution in [3.63, 3.8) is 0 Å². The van der Waals surface area contributed by atoms with Crippen molar-refractivity contribution in [3.05, 3.63) is 18.2 Å². The van der Waals surface area contributed by atoms with Gasteiger partial charge in [-0.25, -0.2) is 4.79 Å². The average molecular weight is 263 g/mol. The summed E-state index contributed by atoms with van der Waals surface area (Å²) in [4.78, 5) is 12.0. The third-order valence-electron chi connectivity index (χ3n) is 2.48. The van der Waals surface area contributed by atoms with Crippen LogP contribution in [0.5, 0.6) is 5.75 Å². The number of nitrogens with zero attached hydrogens (tertiary/aromatic N) is 2. The van der Waals surface area contributed by atoms with Crippen LogP contribution < -0.4 is 10.5 Å². The van der Waals surface area contributed by atoms with Gasteiger partial charge >= 0.3 is 6.09 Å². The van der Waals surface area contributed by atoms with Crippen LogP contribution in [-0.2, 0) is 4.74 Å². The summed E-state index contributed by atoms with van der Waals surface area (Å²) in [7, 11) is 1.57. The molecule has 0 unspecified atom stereocenters. The molecule has 19 heavy (non-hydrogen) atoms. The smallest absolute Gasteiger partial charge is 0.435 e. The number of nitrogens with two attached hydrogens (primary N) is 1. The number of fused-ring (bicyclic) bond motifs is 1. The van der Waals surface area contributed by atoms with Crippen LogP contribution in [0, 0.1) is 0 Å². The average Bonchev–Trinajstić information content (AvgIpc) is 2.64. The Balaban J connectivity index is 2.48. The zero-order valence-corrected chi connectivity index (χ0v) is 11.4. The highest BCUT2D eigenvalue weighted by Gasteiger charge is 2.21. The summed E-state index contributed by atoms with van der Waals surface area (Å²) in [5.74, 6) is 0.919. The third kappa shape index (κ3) is 2.62. The molecule has 0 bridgehead atoms. The van der Waals surface area contributed by atoms with Crippen molar-refractivity contribution < 1.29 is 14.3 Å². The van der Waals surface area contributed by atoms with E-state index in [-0.39, 0.29) is 5.82 Å². The predicted molar refractivity (Wildman–Crippen MR) is 72.3 cm³/mol. The predicted octanol–water partition coefficient (Wildman–Crippen LogP) is 2.41. The first kappa shape index (κ1) is 13.2. The van der Waals surface area contributed by atoms with Crippen LogP contribution >= 0.6 is 0 Å². The fraction of sp³-hybridized carbons (Fsp3) is 0.385. The van der Waals surface area contributed by atoms with Crippen LogP contribution in [-0.4, -0.2) is 28.6 Å². The molecule has 0 saturated heterocycles. The second-order valence-corrected chi connectivity index (χ2v) is 5.16. The Bertz CT molecular complexity index is 626. The monoisotopic (exact) mass is 263 g/mol. The van der Waals surface area contributed by atoms with Crippen molar-refractivity contribution >= 4 is 22.8 Å². The fourth-order valence-corrected chi connectivity index (χ4v) is 1.69. The number of benzene rings is 1. The minimum absolute atomic E-state index is 0.264. The van der Waals surface area contributed by atoms with E-state index in [1.165, 1.54) is 0 Å². The molecule has 1 aromatic carbocycles. The van der Waals surface area contributed by atoms with Crippen LogP contribution in [0.2, 0.25) is 0 Å². The fourth-order valence-electron chi connectivity index (χ4n) is 1.69. The van der Waals surface area contributed by atoms with Crippen molar-refractivity contribution in [3.8, 4) is 5.75 Å². The maximum Gasteiger partial charge on any atom is 0.435 e. The van der Waals surface area contributed by atoms with E-state index in [1.54, 1.807) is 46.1 Å². The van der Waals surface area contributed by atoms with E-state index < -0.39 is 11.7 Å². The molecule has 0 atom stereocenters. The number of rotatable bonds is 1. The Kier molecular flexibility index (Phi) is 3.09. The molecule has 0 radical (unpaired) electrons. The number of hydrogen-bond acceptors (Lipinski definition) is 5. The minimum atomic E-state index is -0.587. The summed E-state index contributed by atoms with van der Waals surface area (Å²) >= 11 is 0. The number of ether oxygens (including phenoxy) is 2. The van der Waals surface area contributed by atoms with E-state index in [0.29, 0.717) is 16.7 Å². The molecule has 102 valence electrons. The molecule has 0 aliphatic carbocycles. The zero-order chi connectivity index (χ0) is 14.2. The maximum absolute atomic E-state index is 12.0. The van der Waals surface area contributed by atoms with E-state index in [0.717, 1.165) is 4.68 Å². The highest BCUT2D eigenvalue weighted by molar-refractivity contribution is 5.95. The number of nitrogen functional groups attached to an aromatic ring is 1. The van der Waals surface area contributed by atoms with E-state index in [1.807, 2.05) is 0 Å². The van der Waals surface area contributed by atoms with Gasteiger partial charge in [0.15, 0.2) is 5.82 Å². The van der Waals surface area contributed by atoms with E-state index >= 15 is 0 Å². The zero-order valence-electron chi connectivity index (χ0n) is 11.4. The Morgan fingerprint density at radius 2 is 2.05 bits per heavy atom. The third-order valence-corrected chi connectivity index (χ3v) is 2.48. The van der Waals surface area contributed by atoms with Gasteiger partial charge in [0.1, 0.15) is 11.4 Å². The number of carbonyl (C=O) groups is 1. The number of hydrogen-bond donors (Lipinski definition) is 1. The number of methoxy groups -OCH3 is 1. The van der Waals surface area contributed by atoms with Crippen LogP contribution in [0.25, 0.3) is 10.9 Å². The Morgan fingerprint density at radius 1 is 1.37 bits per heavy atom. The standard InChI is InChI=1S/C13H17N3O3/c1-13(2,3)19-12(17)16-10-6-5-8(18-4)7-9(10)11(14)15-16/h5-7H,1-4H3,(H2,14,15). The Labute approximate surface area is 111 Å². The van der Waals surface area contributed by atoms with Gasteiger partial charge in [0.05, 0.1) is 12.6 Å². The van der Waals surface area contributed by atoms with Gasteiger partial charge in [-0.15, -0.1) is 5.10 Å². The van der Waals surface area contributed by atoms with Crippen molar-refractivity contribution in [2.24, 2.45) is 0 Å². The largest absolute Gasteiger partial charge is 0.497 e. The van der Waals surface area contributed by atoms with Crippen LogP contribution in [0.3, 0.4) is 0 Å². The first-order valence-corrected chi connectivity index (χ1v) is 5.87. The molecular weight excluding hydrogens is 246 g/mol. The van der Waals surface area contributed by atoms with Gasteiger partial charge < -0.3 is 15.2 Å². The molecule has 0 saturated carbocycles. The molecule has 0 amide bonds. The summed E-state index contributed by atoms with van der Waals surface area (Å²) in [6.45, 7) is 5.38. The quantitative estimate of drug-likeness (QED) is 0.854. The van der Waals surface area contributed by atoms with Crippen LogP contribution in [0.4, 0.5) is 10.6 Å². The number of anilines is 1. The van der Waals surface area contributed by atoms with Gasteiger partial charge in [0, 0.05) is 5.39 Å². The molecule has 6 heteroatoms. The lowest BCUT2D eigenvalue weighted by atomic mass is 10.2. The highest BCUT2D eigenvalue weighted by atomic mass is 16.6. The molecule has 2 N–H and O–H groups in total. The van der Waals surface area contributed by atoms with Crippen molar-refractivity contribution in [1.29, 1.82) is 0 Å². The van der Waals surface area contributed by atoms with E-state index in [2.05, 4.69) is 5.10 Å². The van der Waals surface area contributed by atoms with E-state index in [9.17, 15) is 4.79 Å². The molecule has 0 fully saturated rings. The lowest BCUT2D eigenvalue weighted by molar-refractivity contribution is 0.0523. The number of carbonyl (C=O) groups excluding carboxylic acids is 1.